The van der Waals surface area contributed by atoms with Gasteiger partial charge in [-0.25, -0.2) is 4.39 Å². The minimum atomic E-state index is -0.604. The number of hydrogen-bond donors (Lipinski definition) is 2. The average Bonchev–Trinajstić information content (AvgIpc) is 2.77. The largest absolute Gasteiger partial charge is 0.387 e. The average molecular weight is 237 g/mol. The van der Waals surface area contributed by atoms with Crippen LogP contribution >= 0.6 is 0 Å². The fourth-order valence-corrected chi connectivity index (χ4v) is 2.60. The topological polar surface area (TPSA) is 32.3 Å². The molecule has 1 aromatic rings. The van der Waals surface area contributed by atoms with E-state index < -0.39 is 6.10 Å². The molecule has 1 fully saturated rings. The highest BCUT2D eigenvalue weighted by atomic mass is 19.1. The normalized spacial score (nSPS) is 26.1. The van der Waals surface area contributed by atoms with Crippen molar-refractivity contribution >= 4 is 0 Å². The number of benzene rings is 1. The Balaban J connectivity index is 1.99. The van der Waals surface area contributed by atoms with Gasteiger partial charge in [-0.3, -0.25) is 0 Å². The van der Waals surface area contributed by atoms with Crippen LogP contribution in [0.3, 0.4) is 0 Å². The zero-order chi connectivity index (χ0) is 12.3. The molecule has 1 aliphatic rings. The summed E-state index contributed by atoms with van der Waals surface area (Å²) in [4.78, 5) is 0. The zero-order valence-electron chi connectivity index (χ0n) is 10.2. The van der Waals surface area contributed by atoms with Crippen LogP contribution in [0.4, 0.5) is 4.39 Å². The lowest BCUT2D eigenvalue weighted by atomic mass is 10.0. The summed E-state index contributed by atoms with van der Waals surface area (Å²) in [6.45, 7) is 2.16. The first kappa shape index (κ1) is 12.5. The van der Waals surface area contributed by atoms with Crippen LogP contribution in [0.1, 0.15) is 44.3 Å². The van der Waals surface area contributed by atoms with E-state index in [9.17, 15) is 9.50 Å². The first-order valence-electron chi connectivity index (χ1n) is 6.40. The second kappa shape index (κ2) is 5.61. The highest BCUT2D eigenvalue weighted by Crippen LogP contribution is 2.27. The minimum absolute atomic E-state index is 0.0633. The number of halogens is 1. The van der Waals surface area contributed by atoms with Gasteiger partial charge in [0.15, 0.2) is 0 Å². The molecule has 3 atom stereocenters. The van der Waals surface area contributed by atoms with Gasteiger partial charge in [0.1, 0.15) is 5.82 Å². The molecule has 94 valence electrons. The van der Waals surface area contributed by atoms with E-state index in [1.54, 1.807) is 12.1 Å². The molecule has 1 heterocycles. The van der Waals surface area contributed by atoms with E-state index in [-0.39, 0.29) is 11.9 Å². The fourth-order valence-electron chi connectivity index (χ4n) is 2.60. The molecular weight excluding hydrogens is 217 g/mol. The first-order chi connectivity index (χ1) is 8.20. The summed E-state index contributed by atoms with van der Waals surface area (Å²) in [5.41, 5.74) is 0.666. The molecule has 1 aliphatic heterocycles. The number of aliphatic hydroxyl groups excluding tert-OH is 1. The van der Waals surface area contributed by atoms with Crippen LogP contribution in [-0.2, 0) is 0 Å². The Hall–Kier alpha value is -0.930. The zero-order valence-corrected chi connectivity index (χ0v) is 10.2. The molecule has 0 bridgehead atoms. The van der Waals surface area contributed by atoms with Crippen LogP contribution in [0, 0.1) is 5.82 Å². The summed E-state index contributed by atoms with van der Waals surface area (Å²) >= 11 is 0. The maximum Gasteiger partial charge on any atom is 0.123 e. The van der Waals surface area contributed by atoms with E-state index in [1.165, 1.54) is 12.1 Å². The van der Waals surface area contributed by atoms with Crippen molar-refractivity contribution in [3.63, 3.8) is 0 Å². The molecule has 0 spiro atoms. The Morgan fingerprint density at radius 3 is 3.00 bits per heavy atom. The smallest absolute Gasteiger partial charge is 0.123 e. The van der Waals surface area contributed by atoms with Gasteiger partial charge in [0.2, 0.25) is 0 Å². The van der Waals surface area contributed by atoms with Crippen molar-refractivity contribution in [2.24, 2.45) is 0 Å². The minimum Gasteiger partial charge on any atom is -0.387 e. The molecule has 1 aromatic carbocycles. The number of aliphatic hydroxyl groups is 1. The van der Waals surface area contributed by atoms with Gasteiger partial charge in [-0.2, -0.15) is 0 Å². The number of hydrogen-bond acceptors (Lipinski definition) is 2. The molecular formula is C14H20FNO. The third-order valence-corrected chi connectivity index (χ3v) is 3.48. The molecule has 0 aliphatic carbocycles. The van der Waals surface area contributed by atoms with Crippen molar-refractivity contribution in [3.05, 3.63) is 35.6 Å². The van der Waals surface area contributed by atoms with Gasteiger partial charge < -0.3 is 10.4 Å². The van der Waals surface area contributed by atoms with Crippen molar-refractivity contribution in [1.29, 1.82) is 0 Å². The van der Waals surface area contributed by atoms with E-state index in [1.807, 2.05) is 0 Å². The van der Waals surface area contributed by atoms with Crippen LogP contribution in [0.15, 0.2) is 24.3 Å². The van der Waals surface area contributed by atoms with Crippen molar-refractivity contribution in [2.75, 3.05) is 0 Å². The molecule has 2 rings (SSSR count). The van der Waals surface area contributed by atoms with E-state index in [4.69, 9.17) is 0 Å². The Labute approximate surface area is 102 Å². The summed E-state index contributed by atoms with van der Waals surface area (Å²) in [5.74, 6) is -0.287. The Kier molecular flexibility index (Phi) is 4.13. The van der Waals surface area contributed by atoms with Crippen LogP contribution in [0.2, 0.25) is 0 Å². The third-order valence-electron chi connectivity index (χ3n) is 3.48. The van der Waals surface area contributed by atoms with Crippen molar-refractivity contribution in [3.8, 4) is 0 Å². The highest BCUT2D eigenvalue weighted by molar-refractivity contribution is 5.20. The maximum atomic E-state index is 13.1. The summed E-state index contributed by atoms with van der Waals surface area (Å²) in [6, 6.07) is 6.81. The molecule has 0 radical (unpaired) electrons. The van der Waals surface area contributed by atoms with Crippen LogP contribution < -0.4 is 5.32 Å². The predicted octanol–water partition coefficient (Wildman–Crippen LogP) is 2.78. The predicted molar refractivity (Wildman–Crippen MR) is 66.2 cm³/mol. The van der Waals surface area contributed by atoms with Crippen LogP contribution in [-0.4, -0.2) is 17.2 Å². The van der Waals surface area contributed by atoms with E-state index >= 15 is 0 Å². The number of rotatable bonds is 4. The monoisotopic (exact) mass is 237 g/mol. The lowest BCUT2D eigenvalue weighted by molar-refractivity contribution is 0.134. The Morgan fingerprint density at radius 1 is 1.47 bits per heavy atom. The van der Waals surface area contributed by atoms with E-state index in [0.717, 1.165) is 25.7 Å². The molecule has 2 N–H and O–H groups in total. The molecule has 1 saturated heterocycles. The van der Waals surface area contributed by atoms with E-state index in [2.05, 4.69) is 12.2 Å². The van der Waals surface area contributed by atoms with Crippen molar-refractivity contribution < 1.29 is 9.50 Å². The quantitative estimate of drug-likeness (QED) is 0.844. The lowest BCUT2D eigenvalue weighted by Crippen LogP contribution is -2.33. The standard InChI is InChI=1S/C14H20FNO/c1-2-4-12-7-8-13(16-12)14(17)10-5-3-6-11(15)9-10/h3,5-6,9,12-14,16-17H,2,4,7-8H2,1H3/t12-,13+,14-/m1/s1. The molecule has 17 heavy (non-hydrogen) atoms. The summed E-state index contributed by atoms with van der Waals surface area (Å²) in [6.07, 6.45) is 3.76. The molecule has 0 saturated carbocycles. The molecule has 3 heteroatoms. The second-order valence-corrected chi connectivity index (χ2v) is 4.84. The third kappa shape index (κ3) is 3.05. The van der Waals surface area contributed by atoms with Gasteiger partial charge in [-0.05, 0) is 37.0 Å². The Morgan fingerprint density at radius 2 is 2.29 bits per heavy atom. The molecule has 2 nitrogen and oxygen atoms in total. The summed E-state index contributed by atoms with van der Waals surface area (Å²) in [7, 11) is 0. The first-order valence-corrected chi connectivity index (χ1v) is 6.40. The number of nitrogens with one attached hydrogen (secondary N) is 1. The van der Waals surface area contributed by atoms with Crippen LogP contribution in [0.5, 0.6) is 0 Å². The van der Waals surface area contributed by atoms with Gasteiger partial charge in [0.05, 0.1) is 6.10 Å². The summed E-state index contributed by atoms with van der Waals surface area (Å²) in [5, 5.41) is 13.6. The molecule has 0 aromatic heterocycles. The summed E-state index contributed by atoms with van der Waals surface area (Å²) < 4.78 is 13.1. The van der Waals surface area contributed by atoms with Gasteiger partial charge in [-0.15, -0.1) is 0 Å². The van der Waals surface area contributed by atoms with Gasteiger partial charge in [0, 0.05) is 12.1 Å². The Bertz CT molecular complexity index is 369. The lowest BCUT2D eigenvalue weighted by Gasteiger charge is -2.20. The SMILES string of the molecule is CCC[C@@H]1CC[C@@H]([C@H](O)c2cccc(F)c2)N1. The van der Waals surface area contributed by atoms with Gasteiger partial charge in [-0.1, -0.05) is 25.5 Å². The second-order valence-electron chi connectivity index (χ2n) is 4.84. The van der Waals surface area contributed by atoms with Crippen LogP contribution in [0.25, 0.3) is 0 Å². The molecule has 0 amide bonds. The fraction of sp³-hybridized carbons (Fsp3) is 0.571. The van der Waals surface area contributed by atoms with Gasteiger partial charge in [0.25, 0.3) is 0 Å². The highest BCUT2D eigenvalue weighted by Gasteiger charge is 2.29. The molecule has 0 unspecified atom stereocenters. The van der Waals surface area contributed by atoms with Gasteiger partial charge >= 0.3 is 0 Å². The van der Waals surface area contributed by atoms with E-state index in [0.29, 0.717) is 11.6 Å². The van der Waals surface area contributed by atoms with Crippen molar-refractivity contribution in [1.82, 2.24) is 5.32 Å². The van der Waals surface area contributed by atoms with Crippen molar-refractivity contribution in [2.45, 2.75) is 50.8 Å². The maximum absolute atomic E-state index is 13.1.